The molecule has 162 valence electrons. The molecular weight excluding hydrogens is 416 g/mol. The molecule has 11 heteroatoms. The quantitative estimate of drug-likeness (QED) is 0.381. The van der Waals surface area contributed by atoms with Gasteiger partial charge in [0.25, 0.3) is 0 Å². The van der Waals surface area contributed by atoms with Crippen molar-refractivity contribution in [1.82, 2.24) is 14.9 Å². The molecule has 1 atom stereocenters. The van der Waals surface area contributed by atoms with Gasteiger partial charge in [-0.05, 0) is 28.0 Å². The van der Waals surface area contributed by atoms with Crippen LogP contribution in [0.4, 0.5) is 10.7 Å². The highest BCUT2D eigenvalue weighted by Crippen LogP contribution is 2.24. The number of halogens is 1. The smallest absolute Gasteiger partial charge is 0.434 e. The second-order valence-corrected chi connectivity index (χ2v) is 7.70. The Morgan fingerprint density at radius 3 is 2.53 bits per heavy atom. The Balaban J connectivity index is 2.10. The lowest BCUT2D eigenvalue weighted by atomic mass is 9.87. The highest BCUT2D eigenvalue weighted by molar-refractivity contribution is 6.28. The number of imidazole rings is 1. The van der Waals surface area contributed by atoms with Crippen LogP contribution in [0.5, 0.6) is 5.75 Å². The molecule has 10 nitrogen and oxygen atoms in total. The molecule has 0 aliphatic heterocycles. The van der Waals surface area contributed by atoms with Crippen LogP contribution in [0.25, 0.3) is 0 Å². The number of carbonyl (C=O) groups excluding carboxylic acids is 2. The molecule has 0 unspecified atom stereocenters. The van der Waals surface area contributed by atoms with E-state index in [1.54, 1.807) is 12.1 Å². The number of hydrogen-bond donors (Lipinski definition) is 1. The zero-order chi connectivity index (χ0) is 22.3. The number of nitrogens with one attached hydrogen (secondary N) is 1. The molecule has 0 fully saturated rings. The van der Waals surface area contributed by atoms with Crippen LogP contribution in [-0.4, -0.2) is 45.1 Å². The number of hydrogen-bond acceptors (Lipinski definition) is 7. The van der Waals surface area contributed by atoms with Gasteiger partial charge >= 0.3 is 12.0 Å². The molecule has 2 aromatic rings. The van der Waals surface area contributed by atoms with Gasteiger partial charge in [0.15, 0.2) is 6.10 Å². The van der Waals surface area contributed by atoms with Crippen LogP contribution >= 0.6 is 11.6 Å². The van der Waals surface area contributed by atoms with Gasteiger partial charge in [-0.15, -0.1) is 11.6 Å². The minimum Gasteiger partial charge on any atom is -0.490 e. The normalized spacial score (nSPS) is 12.1. The van der Waals surface area contributed by atoms with Crippen LogP contribution < -0.4 is 10.1 Å². The van der Waals surface area contributed by atoms with Crippen LogP contribution in [0, 0.1) is 10.1 Å². The van der Waals surface area contributed by atoms with E-state index in [1.165, 1.54) is 17.0 Å². The Bertz CT molecular complexity index is 891. The zero-order valence-electron chi connectivity index (χ0n) is 16.8. The second kappa shape index (κ2) is 10.1. The van der Waals surface area contributed by atoms with Gasteiger partial charge in [0, 0.05) is 0 Å². The summed E-state index contributed by atoms with van der Waals surface area (Å²) in [6.45, 7) is 6.06. The third kappa shape index (κ3) is 6.73. The fraction of sp³-hybridized carbons (Fsp3) is 0.421. The summed E-state index contributed by atoms with van der Waals surface area (Å²) in [6.07, 6.45) is 0.677. The number of carbonyl (C=O) groups is 2. The summed E-state index contributed by atoms with van der Waals surface area (Å²) in [6, 6.07) is 7.43. The van der Waals surface area contributed by atoms with E-state index in [-0.39, 0.29) is 18.6 Å². The van der Waals surface area contributed by atoms with E-state index in [2.05, 4.69) is 25.8 Å². The Hall–Kier alpha value is -3.14. The number of alkyl carbamates (subject to hydrolysis) is 1. The first-order valence-corrected chi connectivity index (χ1v) is 9.59. The van der Waals surface area contributed by atoms with Crippen molar-refractivity contribution >= 4 is 29.5 Å². The number of rotatable bonds is 8. The van der Waals surface area contributed by atoms with E-state index < -0.39 is 34.9 Å². The van der Waals surface area contributed by atoms with Crippen LogP contribution in [0.1, 0.15) is 26.3 Å². The van der Waals surface area contributed by atoms with E-state index in [0.29, 0.717) is 5.75 Å². The van der Waals surface area contributed by atoms with Crippen molar-refractivity contribution in [2.45, 2.75) is 38.8 Å². The Morgan fingerprint density at radius 2 is 1.97 bits per heavy atom. The lowest BCUT2D eigenvalue weighted by Gasteiger charge is -2.20. The molecule has 2 amide bonds. The number of benzene rings is 1. The van der Waals surface area contributed by atoms with E-state index in [9.17, 15) is 19.7 Å². The van der Waals surface area contributed by atoms with Crippen LogP contribution in [0.3, 0.4) is 0 Å². The van der Waals surface area contributed by atoms with Gasteiger partial charge in [0.1, 0.15) is 37.2 Å². The largest absolute Gasteiger partial charge is 0.490 e. The molecule has 30 heavy (non-hydrogen) atoms. The summed E-state index contributed by atoms with van der Waals surface area (Å²) in [4.78, 5) is 37.3. The standard InChI is InChI=1S/C19H23ClN4O6/c1-19(2,3)13-4-6-14(7-5-13)29-12-15(30-18(26)22-16(25)10-20)11-23-9-8-21-17(23)24(27)28/h4-9,15H,10-12H2,1-3H3,(H,22,25,26)/t15-/m0/s1. The van der Waals surface area contributed by atoms with Crippen molar-refractivity contribution in [3.63, 3.8) is 0 Å². The molecule has 1 aromatic heterocycles. The number of imide groups is 1. The first kappa shape index (κ1) is 23.1. The molecule has 1 heterocycles. The van der Waals surface area contributed by atoms with Crippen LogP contribution in [0.15, 0.2) is 36.7 Å². The topological polar surface area (TPSA) is 126 Å². The number of ether oxygens (including phenoxy) is 2. The highest BCUT2D eigenvalue weighted by atomic mass is 35.5. The van der Waals surface area contributed by atoms with Crippen molar-refractivity contribution in [3.8, 4) is 5.75 Å². The molecule has 0 saturated carbocycles. The van der Waals surface area contributed by atoms with E-state index in [1.807, 2.05) is 17.4 Å². The zero-order valence-corrected chi connectivity index (χ0v) is 17.6. The van der Waals surface area contributed by atoms with Gasteiger partial charge in [-0.2, -0.15) is 0 Å². The number of alkyl halides is 1. The molecule has 1 N–H and O–H groups in total. The van der Waals surface area contributed by atoms with Gasteiger partial charge in [0.2, 0.25) is 5.91 Å². The van der Waals surface area contributed by atoms with Crippen molar-refractivity contribution < 1.29 is 24.0 Å². The number of amides is 2. The SMILES string of the molecule is CC(C)(C)c1ccc(OC[C@H](Cn2ccnc2[N+](=O)[O-])OC(=O)NC(=O)CCl)cc1. The molecule has 0 bridgehead atoms. The molecule has 0 aliphatic rings. The summed E-state index contributed by atoms with van der Waals surface area (Å²) in [5.41, 5.74) is 1.10. The minimum atomic E-state index is -1.03. The van der Waals surface area contributed by atoms with E-state index in [4.69, 9.17) is 21.1 Å². The van der Waals surface area contributed by atoms with Crippen molar-refractivity contribution in [1.29, 1.82) is 0 Å². The average molecular weight is 439 g/mol. The molecule has 0 saturated heterocycles. The number of aromatic nitrogens is 2. The monoisotopic (exact) mass is 438 g/mol. The van der Waals surface area contributed by atoms with Gasteiger partial charge in [-0.1, -0.05) is 37.9 Å². The lowest BCUT2D eigenvalue weighted by Crippen LogP contribution is -2.38. The van der Waals surface area contributed by atoms with Crippen molar-refractivity contribution in [2.75, 3.05) is 12.5 Å². The Kier molecular flexibility index (Phi) is 7.76. The maximum atomic E-state index is 11.9. The molecule has 0 aliphatic carbocycles. The van der Waals surface area contributed by atoms with E-state index in [0.717, 1.165) is 5.56 Å². The molecule has 0 spiro atoms. The highest BCUT2D eigenvalue weighted by Gasteiger charge is 2.23. The van der Waals surface area contributed by atoms with Crippen LogP contribution in [-0.2, 0) is 21.5 Å². The third-order valence-corrected chi connectivity index (χ3v) is 4.29. The lowest BCUT2D eigenvalue weighted by molar-refractivity contribution is -0.397. The Morgan fingerprint density at radius 1 is 1.30 bits per heavy atom. The molecular formula is C19H23ClN4O6. The molecule has 0 radical (unpaired) electrons. The van der Waals surface area contributed by atoms with Crippen molar-refractivity contribution in [2.24, 2.45) is 0 Å². The maximum Gasteiger partial charge on any atom is 0.434 e. The predicted molar refractivity (Wildman–Crippen MR) is 109 cm³/mol. The first-order chi connectivity index (χ1) is 14.1. The number of nitro groups is 1. The fourth-order valence-electron chi connectivity index (χ4n) is 2.53. The fourth-order valence-corrected chi connectivity index (χ4v) is 2.59. The maximum absolute atomic E-state index is 11.9. The molecule has 1 aromatic carbocycles. The van der Waals surface area contributed by atoms with Crippen molar-refractivity contribution in [3.05, 3.63) is 52.3 Å². The van der Waals surface area contributed by atoms with Crippen LogP contribution in [0.2, 0.25) is 0 Å². The summed E-state index contributed by atoms with van der Waals surface area (Å²) >= 11 is 5.36. The van der Waals surface area contributed by atoms with E-state index >= 15 is 0 Å². The molecule has 2 rings (SSSR count). The average Bonchev–Trinajstić information content (AvgIpc) is 3.14. The number of nitrogens with zero attached hydrogens (tertiary/aromatic N) is 3. The summed E-state index contributed by atoms with van der Waals surface area (Å²) in [7, 11) is 0. The predicted octanol–water partition coefficient (Wildman–Crippen LogP) is 3.03. The third-order valence-electron chi connectivity index (χ3n) is 4.05. The minimum absolute atomic E-state index is 0.0163. The summed E-state index contributed by atoms with van der Waals surface area (Å²) < 4.78 is 12.1. The Labute approximate surface area is 178 Å². The van der Waals surface area contributed by atoms with Gasteiger partial charge in [-0.3, -0.25) is 10.1 Å². The van der Waals surface area contributed by atoms with Gasteiger partial charge in [0.05, 0.1) is 0 Å². The van der Waals surface area contributed by atoms with Gasteiger partial charge in [-0.25, -0.2) is 9.36 Å². The summed E-state index contributed by atoms with van der Waals surface area (Å²) in [5.74, 6) is -1.01. The van der Waals surface area contributed by atoms with Gasteiger partial charge < -0.3 is 19.6 Å². The summed E-state index contributed by atoms with van der Waals surface area (Å²) in [5, 5.41) is 13.0. The first-order valence-electron chi connectivity index (χ1n) is 9.05. The second-order valence-electron chi connectivity index (χ2n) is 7.43.